The SMILES string of the molecule is NC(=S)N(C1=NN(c2ccccc2)C(=O)C1)c1ccccc1. The summed E-state index contributed by atoms with van der Waals surface area (Å²) in [6, 6.07) is 18.7. The van der Waals surface area contributed by atoms with E-state index in [1.54, 1.807) is 4.90 Å². The van der Waals surface area contributed by atoms with Gasteiger partial charge in [0.05, 0.1) is 12.1 Å². The molecule has 0 fully saturated rings. The van der Waals surface area contributed by atoms with Crippen molar-refractivity contribution in [2.45, 2.75) is 6.42 Å². The molecule has 0 atom stereocenters. The smallest absolute Gasteiger partial charge is 0.255 e. The molecule has 0 saturated carbocycles. The van der Waals surface area contributed by atoms with E-state index >= 15 is 0 Å². The van der Waals surface area contributed by atoms with Crippen LogP contribution in [0.3, 0.4) is 0 Å². The summed E-state index contributed by atoms with van der Waals surface area (Å²) in [7, 11) is 0. The second kappa shape index (κ2) is 5.95. The van der Waals surface area contributed by atoms with Crippen LogP contribution in [0, 0.1) is 0 Å². The van der Waals surface area contributed by atoms with Gasteiger partial charge in [0.15, 0.2) is 5.11 Å². The predicted molar refractivity (Wildman–Crippen MR) is 91.7 cm³/mol. The Morgan fingerprint density at radius 3 is 2.27 bits per heavy atom. The highest BCUT2D eigenvalue weighted by molar-refractivity contribution is 7.80. The van der Waals surface area contributed by atoms with Gasteiger partial charge in [-0.1, -0.05) is 36.4 Å². The van der Waals surface area contributed by atoms with Gasteiger partial charge in [0.2, 0.25) is 0 Å². The summed E-state index contributed by atoms with van der Waals surface area (Å²) in [5.74, 6) is 0.408. The van der Waals surface area contributed by atoms with E-state index in [4.69, 9.17) is 18.0 Å². The Bertz CT molecular complexity index is 730. The van der Waals surface area contributed by atoms with Crippen LogP contribution in [0.15, 0.2) is 65.8 Å². The number of carbonyl (C=O) groups excluding carboxylic acids is 1. The number of hydrazone groups is 1. The van der Waals surface area contributed by atoms with Crippen molar-refractivity contribution in [3.63, 3.8) is 0 Å². The van der Waals surface area contributed by atoms with Crippen molar-refractivity contribution in [2.24, 2.45) is 10.8 Å². The van der Waals surface area contributed by atoms with Crippen molar-refractivity contribution in [3.05, 3.63) is 60.7 Å². The molecule has 1 amide bonds. The maximum absolute atomic E-state index is 12.2. The number of hydrogen-bond donors (Lipinski definition) is 1. The number of para-hydroxylation sites is 2. The minimum atomic E-state index is -0.113. The zero-order valence-electron chi connectivity index (χ0n) is 11.7. The molecule has 0 aromatic heterocycles. The van der Waals surface area contributed by atoms with Gasteiger partial charge in [-0.2, -0.15) is 10.1 Å². The van der Waals surface area contributed by atoms with E-state index in [-0.39, 0.29) is 17.4 Å². The molecule has 0 spiro atoms. The number of rotatable bonds is 2. The van der Waals surface area contributed by atoms with Gasteiger partial charge >= 0.3 is 0 Å². The lowest BCUT2D eigenvalue weighted by molar-refractivity contribution is -0.116. The number of amidine groups is 1. The van der Waals surface area contributed by atoms with Crippen LogP contribution in [0.25, 0.3) is 0 Å². The van der Waals surface area contributed by atoms with Crippen molar-refractivity contribution >= 4 is 40.4 Å². The second-order valence-electron chi connectivity index (χ2n) is 4.74. The molecular weight excluding hydrogens is 296 g/mol. The Morgan fingerprint density at radius 1 is 1.09 bits per heavy atom. The minimum absolute atomic E-state index is 0.113. The van der Waals surface area contributed by atoms with Gasteiger partial charge < -0.3 is 5.73 Å². The Balaban J connectivity index is 1.97. The molecule has 0 unspecified atom stereocenters. The Morgan fingerprint density at radius 2 is 1.68 bits per heavy atom. The van der Waals surface area contributed by atoms with Crippen LogP contribution in [0.1, 0.15) is 6.42 Å². The van der Waals surface area contributed by atoms with Gasteiger partial charge in [-0.3, -0.25) is 9.69 Å². The molecule has 0 bridgehead atoms. The van der Waals surface area contributed by atoms with Crippen LogP contribution in [0.2, 0.25) is 0 Å². The van der Waals surface area contributed by atoms with Gasteiger partial charge in [0.1, 0.15) is 5.84 Å². The Kier molecular flexibility index (Phi) is 3.84. The van der Waals surface area contributed by atoms with Gasteiger partial charge in [0, 0.05) is 5.69 Å². The number of benzene rings is 2. The number of carbonyl (C=O) groups is 1. The van der Waals surface area contributed by atoms with E-state index in [1.165, 1.54) is 5.01 Å². The monoisotopic (exact) mass is 310 g/mol. The quantitative estimate of drug-likeness (QED) is 0.866. The van der Waals surface area contributed by atoms with Gasteiger partial charge in [-0.15, -0.1) is 0 Å². The zero-order valence-corrected chi connectivity index (χ0v) is 12.5. The standard InChI is InChI=1S/C16H14N4OS/c17-16(22)19(12-7-3-1-4-8-12)14-11-15(21)20(18-14)13-9-5-2-6-10-13/h1-10H,11H2,(H2,17,22). The first-order valence-electron chi connectivity index (χ1n) is 6.77. The molecule has 1 heterocycles. The van der Waals surface area contributed by atoms with Crippen molar-refractivity contribution < 1.29 is 4.79 Å². The van der Waals surface area contributed by atoms with E-state index < -0.39 is 0 Å². The summed E-state index contributed by atoms with van der Waals surface area (Å²) in [6.07, 6.45) is 0.154. The number of thiocarbonyl (C=S) groups is 1. The first-order chi connectivity index (χ1) is 10.7. The van der Waals surface area contributed by atoms with E-state index in [0.29, 0.717) is 5.84 Å². The second-order valence-corrected chi connectivity index (χ2v) is 5.16. The summed E-state index contributed by atoms with van der Waals surface area (Å²) in [5, 5.41) is 5.93. The van der Waals surface area contributed by atoms with E-state index in [9.17, 15) is 4.79 Å². The highest BCUT2D eigenvalue weighted by Crippen LogP contribution is 2.24. The third-order valence-electron chi connectivity index (χ3n) is 3.25. The molecule has 0 radical (unpaired) electrons. The zero-order chi connectivity index (χ0) is 15.5. The molecule has 2 aromatic rings. The van der Waals surface area contributed by atoms with Crippen LogP contribution in [0.4, 0.5) is 11.4 Å². The van der Waals surface area contributed by atoms with Crippen molar-refractivity contribution in [1.82, 2.24) is 0 Å². The lowest BCUT2D eigenvalue weighted by Crippen LogP contribution is -2.40. The first kappa shape index (κ1) is 14.2. The highest BCUT2D eigenvalue weighted by atomic mass is 32.1. The fourth-order valence-electron chi connectivity index (χ4n) is 2.29. The molecule has 1 aliphatic rings. The highest BCUT2D eigenvalue weighted by Gasteiger charge is 2.30. The third-order valence-corrected chi connectivity index (χ3v) is 3.44. The third kappa shape index (κ3) is 2.68. The average molecular weight is 310 g/mol. The topological polar surface area (TPSA) is 61.9 Å². The summed E-state index contributed by atoms with van der Waals surface area (Å²) >= 11 is 5.12. The first-order valence-corrected chi connectivity index (χ1v) is 7.18. The molecule has 22 heavy (non-hydrogen) atoms. The summed E-state index contributed by atoms with van der Waals surface area (Å²) in [6.45, 7) is 0. The van der Waals surface area contributed by atoms with Gasteiger partial charge in [-0.05, 0) is 36.5 Å². The number of nitrogens with two attached hydrogens (primary N) is 1. The van der Waals surface area contributed by atoms with Crippen molar-refractivity contribution in [2.75, 3.05) is 9.91 Å². The average Bonchev–Trinajstić information content (AvgIpc) is 2.90. The lowest BCUT2D eigenvalue weighted by Gasteiger charge is -2.21. The number of nitrogens with zero attached hydrogens (tertiary/aromatic N) is 3. The largest absolute Gasteiger partial charge is 0.376 e. The summed E-state index contributed by atoms with van der Waals surface area (Å²) in [4.78, 5) is 13.9. The maximum atomic E-state index is 12.2. The molecule has 5 nitrogen and oxygen atoms in total. The fraction of sp³-hybridized carbons (Fsp3) is 0.0625. The van der Waals surface area contributed by atoms with Crippen LogP contribution < -0.4 is 15.6 Å². The molecule has 0 saturated heterocycles. The van der Waals surface area contributed by atoms with Crippen molar-refractivity contribution in [1.29, 1.82) is 0 Å². The summed E-state index contributed by atoms with van der Waals surface area (Å²) in [5.41, 5.74) is 7.33. The minimum Gasteiger partial charge on any atom is -0.376 e. The molecule has 6 heteroatoms. The molecule has 0 aliphatic carbocycles. The summed E-state index contributed by atoms with van der Waals surface area (Å²) < 4.78 is 0. The Hall–Kier alpha value is -2.73. The molecule has 3 rings (SSSR count). The number of amides is 1. The molecule has 110 valence electrons. The maximum Gasteiger partial charge on any atom is 0.255 e. The molecule has 2 N–H and O–H groups in total. The van der Waals surface area contributed by atoms with Crippen molar-refractivity contribution in [3.8, 4) is 0 Å². The Labute approximate surface area is 133 Å². The number of hydrogen-bond acceptors (Lipinski definition) is 3. The molecular formula is C16H14N4OS. The van der Waals surface area contributed by atoms with E-state index in [0.717, 1.165) is 11.4 Å². The fourth-order valence-corrected chi connectivity index (χ4v) is 2.50. The van der Waals surface area contributed by atoms with Crippen LogP contribution >= 0.6 is 12.2 Å². The predicted octanol–water partition coefficient (Wildman–Crippen LogP) is 2.49. The van der Waals surface area contributed by atoms with Gasteiger partial charge in [0.25, 0.3) is 5.91 Å². The normalized spacial score (nSPS) is 13.9. The lowest BCUT2D eigenvalue weighted by atomic mass is 10.2. The van der Waals surface area contributed by atoms with Gasteiger partial charge in [-0.25, -0.2) is 0 Å². The van der Waals surface area contributed by atoms with E-state index in [2.05, 4.69) is 5.10 Å². The molecule has 2 aromatic carbocycles. The molecule has 1 aliphatic heterocycles. The van der Waals surface area contributed by atoms with E-state index in [1.807, 2.05) is 60.7 Å². The van der Waals surface area contributed by atoms with Crippen LogP contribution in [-0.2, 0) is 4.79 Å². The van der Waals surface area contributed by atoms with Crippen LogP contribution in [0.5, 0.6) is 0 Å². The number of anilines is 2. The van der Waals surface area contributed by atoms with Crippen LogP contribution in [-0.4, -0.2) is 16.9 Å².